The van der Waals surface area contributed by atoms with Crippen molar-refractivity contribution in [2.75, 3.05) is 6.61 Å². The first-order valence-electron chi connectivity index (χ1n) is 11.3. The van der Waals surface area contributed by atoms with Gasteiger partial charge in [0.15, 0.2) is 0 Å². The molecule has 8 heteroatoms. The van der Waals surface area contributed by atoms with E-state index in [1.54, 1.807) is 30.3 Å². The largest absolute Gasteiger partial charge is 0.493 e. The van der Waals surface area contributed by atoms with E-state index in [0.29, 0.717) is 40.3 Å². The molecule has 5 aromatic rings. The molecule has 0 unspecified atom stereocenters. The Hall–Kier alpha value is -4.46. The summed E-state index contributed by atoms with van der Waals surface area (Å²) in [5, 5.41) is 4.53. The molecule has 176 valence electrons. The quantitative estimate of drug-likeness (QED) is 0.370. The van der Waals surface area contributed by atoms with E-state index >= 15 is 0 Å². The molecule has 0 radical (unpaired) electrons. The highest BCUT2D eigenvalue weighted by atomic mass is 16.5. The Morgan fingerprint density at radius 2 is 1.71 bits per heavy atom. The van der Waals surface area contributed by atoms with Crippen LogP contribution in [0.3, 0.4) is 0 Å². The highest BCUT2D eigenvalue weighted by Gasteiger charge is 2.18. The summed E-state index contributed by atoms with van der Waals surface area (Å²) >= 11 is 0. The second-order valence-electron chi connectivity index (χ2n) is 8.24. The Morgan fingerprint density at radius 3 is 2.51 bits per heavy atom. The Morgan fingerprint density at radius 1 is 0.943 bits per heavy atom. The Bertz CT molecular complexity index is 1660. The minimum absolute atomic E-state index is 0.00821. The first kappa shape index (κ1) is 22.3. The van der Waals surface area contributed by atoms with Gasteiger partial charge in [0.05, 0.1) is 28.8 Å². The van der Waals surface area contributed by atoms with Gasteiger partial charge >= 0.3 is 5.69 Å². The molecule has 0 bridgehead atoms. The third-order valence-electron chi connectivity index (χ3n) is 5.99. The summed E-state index contributed by atoms with van der Waals surface area (Å²) in [6, 6.07) is 20.0. The number of benzene rings is 3. The number of aryl methyl sites for hydroxylation is 2. The van der Waals surface area contributed by atoms with Gasteiger partial charge in [-0.25, -0.2) is 9.36 Å². The van der Waals surface area contributed by atoms with Crippen molar-refractivity contribution in [3.63, 3.8) is 0 Å². The lowest BCUT2D eigenvalue weighted by atomic mass is 10.1. The molecule has 0 amide bonds. The lowest BCUT2D eigenvalue weighted by molar-refractivity contribution is 0.340. The number of rotatable bonds is 6. The minimum Gasteiger partial charge on any atom is -0.493 e. The number of hydrogen-bond donors (Lipinski definition) is 0. The smallest absolute Gasteiger partial charge is 0.336 e. The van der Waals surface area contributed by atoms with E-state index in [9.17, 15) is 9.59 Å². The molecular formula is C27H24N4O4. The lowest BCUT2D eigenvalue weighted by Gasteiger charge is -2.13. The molecule has 35 heavy (non-hydrogen) atoms. The third-order valence-corrected chi connectivity index (χ3v) is 5.99. The van der Waals surface area contributed by atoms with Gasteiger partial charge in [0.1, 0.15) is 12.3 Å². The molecule has 0 fully saturated rings. The van der Waals surface area contributed by atoms with E-state index in [1.165, 1.54) is 9.13 Å². The fourth-order valence-corrected chi connectivity index (χ4v) is 4.06. The maximum absolute atomic E-state index is 13.6. The van der Waals surface area contributed by atoms with Crippen LogP contribution in [-0.4, -0.2) is 25.9 Å². The molecule has 0 aliphatic heterocycles. The van der Waals surface area contributed by atoms with Gasteiger partial charge in [-0.2, -0.15) is 4.98 Å². The summed E-state index contributed by atoms with van der Waals surface area (Å²) < 4.78 is 13.9. The van der Waals surface area contributed by atoms with Crippen molar-refractivity contribution in [3.05, 3.63) is 105 Å². The van der Waals surface area contributed by atoms with Crippen molar-refractivity contribution in [1.29, 1.82) is 0 Å². The standard InChI is InChI=1S/C27H24N4O4/c1-4-34-23-12-8-6-10-21(23)25-28-24(35-29-25)16-30-22-11-7-5-9-20(22)26(32)31(27(30)33)19-14-13-17(2)18(3)15-19/h5-15H,4,16H2,1-3H3. The molecule has 8 nitrogen and oxygen atoms in total. The zero-order valence-electron chi connectivity index (χ0n) is 19.7. The van der Waals surface area contributed by atoms with Crippen LogP contribution in [0.25, 0.3) is 28.0 Å². The zero-order chi connectivity index (χ0) is 24.5. The lowest BCUT2D eigenvalue weighted by Crippen LogP contribution is -2.39. The van der Waals surface area contributed by atoms with Gasteiger partial charge in [0.2, 0.25) is 11.7 Å². The van der Waals surface area contributed by atoms with Crippen LogP contribution in [0, 0.1) is 13.8 Å². The number of aromatic nitrogens is 4. The molecule has 2 aromatic heterocycles. The van der Waals surface area contributed by atoms with Gasteiger partial charge in [-0.1, -0.05) is 35.5 Å². The van der Waals surface area contributed by atoms with E-state index in [-0.39, 0.29) is 18.0 Å². The summed E-state index contributed by atoms with van der Waals surface area (Å²) in [6.45, 7) is 6.35. The molecule has 0 N–H and O–H groups in total. The van der Waals surface area contributed by atoms with Crippen LogP contribution in [-0.2, 0) is 6.54 Å². The average Bonchev–Trinajstić information content (AvgIpc) is 3.33. The van der Waals surface area contributed by atoms with Gasteiger partial charge < -0.3 is 9.26 Å². The molecule has 3 aromatic carbocycles. The van der Waals surface area contributed by atoms with Crippen LogP contribution in [0.1, 0.15) is 23.9 Å². The SMILES string of the molecule is CCOc1ccccc1-c1noc(Cn2c(=O)n(-c3ccc(C)c(C)c3)c(=O)c3ccccc32)n1. The Labute approximate surface area is 201 Å². The van der Waals surface area contributed by atoms with Gasteiger partial charge in [0, 0.05) is 0 Å². The van der Waals surface area contributed by atoms with Crippen LogP contribution in [0.2, 0.25) is 0 Å². The molecule has 0 aliphatic rings. The fourth-order valence-electron chi connectivity index (χ4n) is 4.06. The molecule has 0 aliphatic carbocycles. The topological polar surface area (TPSA) is 92.2 Å². The van der Waals surface area contributed by atoms with Crippen LogP contribution < -0.4 is 16.0 Å². The minimum atomic E-state index is -0.480. The van der Waals surface area contributed by atoms with Gasteiger partial charge in [-0.3, -0.25) is 9.36 Å². The number of fused-ring (bicyclic) bond motifs is 1. The number of para-hydroxylation sites is 2. The van der Waals surface area contributed by atoms with Crippen molar-refractivity contribution in [3.8, 4) is 22.8 Å². The predicted molar refractivity (Wildman–Crippen MR) is 133 cm³/mol. The van der Waals surface area contributed by atoms with Gasteiger partial charge in [-0.15, -0.1) is 0 Å². The summed E-state index contributed by atoms with van der Waals surface area (Å²) in [6.07, 6.45) is 0. The van der Waals surface area contributed by atoms with Gasteiger partial charge in [-0.05, 0) is 68.3 Å². The normalized spacial score (nSPS) is 11.2. The molecular weight excluding hydrogens is 444 g/mol. The average molecular weight is 469 g/mol. The van der Waals surface area contributed by atoms with Gasteiger partial charge in [0.25, 0.3) is 5.56 Å². The summed E-state index contributed by atoms with van der Waals surface area (Å²) in [7, 11) is 0. The van der Waals surface area contributed by atoms with E-state index < -0.39 is 5.69 Å². The third kappa shape index (κ3) is 4.03. The summed E-state index contributed by atoms with van der Waals surface area (Å²) in [5.41, 5.74) is 2.92. The zero-order valence-corrected chi connectivity index (χ0v) is 19.7. The second kappa shape index (κ2) is 9.06. The van der Waals surface area contributed by atoms with Crippen molar-refractivity contribution in [2.24, 2.45) is 0 Å². The summed E-state index contributed by atoms with van der Waals surface area (Å²) in [5.74, 6) is 1.25. The van der Waals surface area contributed by atoms with Crippen molar-refractivity contribution < 1.29 is 9.26 Å². The first-order valence-corrected chi connectivity index (χ1v) is 11.3. The van der Waals surface area contributed by atoms with E-state index in [1.807, 2.05) is 57.2 Å². The van der Waals surface area contributed by atoms with Crippen LogP contribution >= 0.6 is 0 Å². The van der Waals surface area contributed by atoms with Crippen LogP contribution in [0.4, 0.5) is 0 Å². The molecule has 0 saturated heterocycles. The van der Waals surface area contributed by atoms with Crippen LogP contribution in [0.15, 0.2) is 80.8 Å². The van der Waals surface area contributed by atoms with Crippen molar-refractivity contribution in [2.45, 2.75) is 27.3 Å². The number of nitrogens with zero attached hydrogens (tertiary/aromatic N) is 4. The van der Waals surface area contributed by atoms with E-state index in [0.717, 1.165) is 11.1 Å². The molecule has 2 heterocycles. The highest BCUT2D eigenvalue weighted by Crippen LogP contribution is 2.27. The molecule has 0 saturated carbocycles. The highest BCUT2D eigenvalue weighted by molar-refractivity contribution is 5.78. The fraction of sp³-hybridized carbons (Fsp3) is 0.185. The van der Waals surface area contributed by atoms with Crippen molar-refractivity contribution in [1.82, 2.24) is 19.3 Å². The molecule has 0 atom stereocenters. The number of hydrogen-bond acceptors (Lipinski definition) is 6. The first-order chi connectivity index (χ1) is 17.0. The second-order valence-corrected chi connectivity index (χ2v) is 8.24. The Kier molecular flexibility index (Phi) is 5.78. The summed E-state index contributed by atoms with van der Waals surface area (Å²) in [4.78, 5) is 31.5. The number of ether oxygens (including phenoxy) is 1. The maximum atomic E-state index is 13.6. The van der Waals surface area contributed by atoms with E-state index in [2.05, 4.69) is 10.1 Å². The van der Waals surface area contributed by atoms with Crippen molar-refractivity contribution >= 4 is 10.9 Å². The monoisotopic (exact) mass is 468 g/mol. The maximum Gasteiger partial charge on any atom is 0.336 e. The molecule has 5 rings (SSSR count). The predicted octanol–water partition coefficient (Wildman–Crippen LogP) is 4.27. The van der Waals surface area contributed by atoms with E-state index in [4.69, 9.17) is 9.26 Å². The molecule has 0 spiro atoms. The van der Waals surface area contributed by atoms with Crippen LogP contribution in [0.5, 0.6) is 5.75 Å². The Balaban J connectivity index is 1.64.